The summed E-state index contributed by atoms with van der Waals surface area (Å²) < 4.78 is 0. The highest BCUT2D eigenvalue weighted by atomic mass is 35.5. The molecule has 2 aromatic rings. The van der Waals surface area contributed by atoms with Crippen molar-refractivity contribution >= 4 is 46.1 Å². The van der Waals surface area contributed by atoms with E-state index in [-0.39, 0.29) is 23.4 Å². The number of nitrogens with zero attached hydrogens (tertiary/aromatic N) is 1. The van der Waals surface area contributed by atoms with E-state index in [1.54, 1.807) is 12.1 Å². The van der Waals surface area contributed by atoms with Gasteiger partial charge in [0.2, 0.25) is 0 Å². The highest BCUT2D eigenvalue weighted by Gasteiger charge is 2.48. The topological polar surface area (TPSA) is 47.0 Å². The van der Waals surface area contributed by atoms with Gasteiger partial charge in [-0.15, -0.1) is 11.3 Å². The lowest BCUT2D eigenvalue weighted by Crippen LogP contribution is -2.35. The molecule has 2 aliphatic rings. The number of hydrogen-bond acceptors (Lipinski definition) is 4. The highest BCUT2D eigenvalue weighted by molar-refractivity contribution is 7.15. The first-order valence-electron chi connectivity index (χ1n) is 7.96. The molecule has 0 aliphatic heterocycles. The van der Waals surface area contributed by atoms with E-state index in [2.05, 4.69) is 4.98 Å². The second-order valence-electron chi connectivity index (χ2n) is 6.53. The first kappa shape index (κ1) is 16.2. The molecular formula is C18H15Cl2NO2S. The Balaban J connectivity index is 1.74. The van der Waals surface area contributed by atoms with E-state index in [0.717, 1.165) is 34.7 Å². The number of halogens is 2. The van der Waals surface area contributed by atoms with Crippen molar-refractivity contribution in [1.29, 1.82) is 0 Å². The van der Waals surface area contributed by atoms with Gasteiger partial charge in [0.15, 0.2) is 11.6 Å². The molecule has 2 aliphatic carbocycles. The Morgan fingerprint density at radius 3 is 2.38 bits per heavy atom. The molecule has 1 aromatic heterocycles. The van der Waals surface area contributed by atoms with Crippen LogP contribution in [0.25, 0.3) is 10.6 Å². The van der Waals surface area contributed by atoms with Crippen LogP contribution in [0.3, 0.4) is 0 Å². The molecule has 2 fully saturated rings. The average Bonchev–Trinajstić information content (AvgIpc) is 3.15. The highest BCUT2D eigenvalue weighted by Crippen LogP contribution is 2.45. The summed E-state index contributed by atoms with van der Waals surface area (Å²) in [6.45, 7) is 1.92. The summed E-state index contributed by atoms with van der Waals surface area (Å²) in [6.07, 6.45) is 2.42. The number of ketones is 2. The molecule has 24 heavy (non-hydrogen) atoms. The van der Waals surface area contributed by atoms with Gasteiger partial charge in [-0.2, -0.15) is 0 Å². The van der Waals surface area contributed by atoms with Gasteiger partial charge in [-0.05, 0) is 38.3 Å². The van der Waals surface area contributed by atoms with Crippen LogP contribution >= 0.6 is 34.5 Å². The first-order valence-corrected chi connectivity index (χ1v) is 9.53. The quantitative estimate of drug-likeness (QED) is 0.683. The van der Waals surface area contributed by atoms with Crippen LogP contribution in [-0.2, 0) is 9.59 Å². The van der Waals surface area contributed by atoms with Crippen molar-refractivity contribution in [1.82, 2.24) is 4.98 Å². The third-order valence-corrected chi connectivity index (χ3v) is 6.85. The van der Waals surface area contributed by atoms with Crippen molar-refractivity contribution in [3.63, 3.8) is 0 Å². The Kier molecular flexibility index (Phi) is 4.02. The number of aryl methyl sites for hydroxylation is 1. The van der Waals surface area contributed by atoms with Crippen LogP contribution in [0.15, 0.2) is 18.2 Å². The van der Waals surface area contributed by atoms with Gasteiger partial charge in [-0.1, -0.05) is 29.3 Å². The minimum atomic E-state index is -0.677. The van der Waals surface area contributed by atoms with Crippen LogP contribution < -0.4 is 0 Å². The molecule has 1 aromatic carbocycles. The average molecular weight is 380 g/mol. The third-order valence-electron chi connectivity index (χ3n) is 5.08. The van der Waals surface area contributed by atoms with Crippen molar-refractivity contribution in [2.24, 2.45) is 11.8 Å². The van der Waals surface area contributed by atoms with Gasteiger partial charge in [0.25, 0.3) is 0 Å². The summed E-state index contributed by atoms with van der Waals surface area (Å²) >= 11 is 13.5. The Morgan fingerprint density at radius 2 is 1.75 bits per heavy atom. The fraction of sp³-hybridized carbons (Fsp3) is 0.389. The number of hydrogen-bond donors (Lipinski definition) is 0. The number of rotatable bonds is 2. The minimum Gasteiger partial charge on any atom is -0.298 e. The molecule has 0 spiro atoms. The van der Waals surface area contributed by atoms with Gasteiger partial charge in [0, 0.05) is 22.3 Å². The number of fused-ring (bicyclic) bond motifs is 2. The molecule has 4 rings (SSSR count). The van der Waals surface area contributed by atoms with Crippen molar-refractivity contribution in [2.75, 3.05) is 0 Å². The lowest BCUT2D eigenvalue weighted by molar-refractivity contribution is -0.136. The van der Waals surface area contributed by atoms with Crippen LogP contribution in [0.5, 0.6) is 0 Å². The van der Waals surface area contributed by atoms with Crippen LogP contribution in [0.1, 0.15) is 35.8 Å². The Labute approximate surface area is 154 Å². The zero-order chi connectivity index (χ0) is 17.0. The molecule has 2 bridgehead atoms. The van der Waals surface area contributed by atoms with E-state index in [9.17, 15) is 9.59 Å². The number of benzene rings is 1. The molecule has 0 radical (unpaired) electrons. The fourth-order valence-corrected chi connectivity index (χ4v) is 5.05. The minimum absolute atomic E-state index is 0.0345. The number of aromatic nitrogens is 1. The van der Waals surface area contributed by atoms with Crippen molar-refractivity contribution in [3.05, 3.63) is 38.8 Å². The molecule has 0 saturated heterocycles. The zero-order valence-electron chi connectivity index (χ0n) is 13.0. The summed E-state index contributed by atoms with van der Waals surface area (Å²) in [5, 5.41) is 1.72. The molecule has 0 N–H and O–H groups in total. The largest absolute Gasteiger partial charge is 0.298 e. The summed E-state index contributed by atoms with van der Waals surface area (Å²) in [5.74, 6) is -0.492. The SMILES string of the molecule is Cc1sc(-c2ccc(Cl)c(Cl)c2)nc1C1C(=O)C2CC[C@H](C2)C1=O. The molecular weight excluding hydrogens is 365 g/mol. The van der Waals surface area contributed by atoms with Gasteiger partial charge in [-0.25, -0.2) is 4.98 Å². The van der Waals surface area contributed by atoms with Gasteiger partial charge < -0.3 is 0 Å². The van der Waals surface area contributed by atoms with E-state index in [4.69, 9.17) is 23.2 Å². The Bertz CT molecular complexity index is 839. The molecule has 3 nitrogen and oxygen atoms in total. The molecule has 0 amide bonds. The van der Waals surface area contributed by atoms with Crippen LogP contribution in [-0.4, -0.2) is 16.6 Å². The van der Waals surface area contributed by atoms with Gasteiger partial charge in [0.1, 0.15) is 10.9 Å². The van der Waals surface area contributed by atoms with Crippen LogP contribution in [0.2, 0.25) is 10.0 Å². The molecule has 3 atom stereocenters. The van der Waals surface area contributed by atoms with Gasteiger partial charge in [-0.3, -0.25) is 9.59 Å². The maximum Gasteiger partial charge on any atom is 0.152 e. The van der Waals surface area contributed by atoms with E-state index in [1.165, 1.54) is 11.3 Å². The molecule has 2 saturated carbocycles. The maximum absolute atomic E-state index is 12.7. The number of Topliss-reactive ketones (excluding diaryl/α,β-unsaturated/α-hetero) is 2. The van der Waals surface area contributed by atoms with E-state index in [1.807, 2.05) is 13.0 Å². The van der Waals surface area contributed by atoms with E-state index >= 15 is 0 Å². The number of carbonyl (C=O) groups excluding carboxylic acids is 2. The second kappa shape index (κ2) is 5.94. The lowest BCUT2D eigenvalue weighted by Gasteiger charge is -2.24. The fourth-order valence-electron chi connectivity index (χ4n) is 3.81. The van der Waals surface area contributed by atoms with Gasteiger partial charge in [0.05, 0.1) is 15.7 Å². The standard InChI is InChI=1S/C18H15Cl2NO2S/c1-8-15(14-16(22)9-2-3-10(6-9)17(14)23)21-18(24-8)11-4-5-12(19)13(20)7-11/h4-5,7,9-10,14H,2-3,6H2,1H3/t9-,10?,14?/m1/s1. The summed E-state index contributed by atoms with van der Waals surface area (Å²) in [7, 11) is 0. The molecule has 124 valence electrons. The number of thiazole rings is 1. The lowest BCUT2D eigenvalue weighted by atomic mass is 9.77. The summed E-state index contributed by atoms with van der Waals surface area (Å²) in [4.78, 5) is 31.0. The first-order chi connectivity index (χ1) is 11.5. The van der Waals surface area contributed by atoms with Crippen molar-refractivity contribution in [3.8, 4) is 10.6 Å². The zero-order valence-corrected chi connectivity index (χ0v) is 15.3. The monoisotopic (exact) mass is 379 g/mol. The summed E-state index contributed by atoms with van der Waals surface area (Å²) in [5.41, 5.74) is 1.48. The molecule has 6 heteroatoms. The third kappa shape index (κ3) is 2.52. The Hall–Kier alpha value is -1.23. The second-order valence-corrected chi connectivity index (χ2v) is 8.55. The van der Waals surface area contributed by atoms with Crippen LogP contribution in [0, 0.1) is 18.8 Å². The maximum atomic E-state index is 12.7. The summed E-state index contributed by atoms with van der Waals surface area (Å²) in [6, 6.07) is 5.34. The smallest absolute Gasteiger partial charge is 0.152 e. The predicted molar refractivity (Wildman–Crippen MR) is 95.9 cm³/mol. The predicted octanol–water partition coefficient (Wildman–Crippen LogP) is 5.08. The normalized spacial score (nSPS) is 26.2. The molecule has 2 unspecified atom stereocenters. The van der Waals surface area contributed by atoms with Gasteiger partial charge >= 0.3 is 0 Å². The van der Waals surface area contributed by atoms with E-state index < -0.39 is 5.92 Å². The van der Waals surface area contributed by atoms with E-state index in [0.29, 0.717) is 15.7 Å². The Morgan fingerprint density at radius 1 is 1.08 bits per heavy atom. The van der Waals surface area contributed by atoms with Crippen LogP contribution in [0.4, 0.5) is 0 Å². The number of carbonyl (C=O) groups is 2. The van der Waals surface area contributed by atoms with Crippen molar-refractivity contribution < 1.29 is 9.59 Å². The van der Waals surface area contributed by atoms with Crippen molar-refractivity contribution in [2.45, 2.75) is 32.1 Å². The molecule has 1 heterocycles.